The number of nitrogens with one attached hydrogen (secondary N) is 4. The van der Waals surface area contributed by atoms with Crippen molar-refractivity contribution in [3.8, 4) is 5.88 Å². The molecule has 0 saturated carbocycles. The van der Waals surface area contributed by atoms with Crippen LogP contribution in [0.5, 0.6) is 5.88 Å². The molecule has 4 aromatic rings. The van der Waals surface area contributed by atoms with E-state index in [4.69, 9.17) is 0 Å². The van der Waals surface area contributed by atoms with Crippen molar-refractivity contribution in [3.63, 3.8) is 0 Å². The number of aromatic nitrogens is 4. The molecule has 1 aliphatic rings. The van der Waals surface area contributed by atoms with E-state index in [-0.39, 0.29) is 41.8 Å². The maximum absolute atomic E-state index is 12.6. The lowest BCUT2D eigenvalue weighted by Gasteiger charge is -2.36. The molecule has 190 valence electrons. The lowest BCUT2D eigenvalue weighted by molar-refractivity contribution is -0.130. The molecule has 2 aromatic heterocycles. The van der Waals surface area contributed by atoms with Gasteiger partial charge in [-0.15, -0.1) is 0 Å². The van der Waals surface area contributed by atoms with E-state index >= 15 is 0 Å². The van der Waals surface area contributed by atoms with Gasteiger partial charge in [-0.3, -0.25) is 19.4 Å². The number of aromatic amines is 3. The molecule has 0 atom stereocenters. The monoisotopic (exact) mass is 503 g/mol. The van der Waals surface area contributed by atoms with E-state index in [0.29, 0.717) is 37.1 Å². The van der Waals surface area contributed by atoms with Crippen LogP contribution in [0, 0.1) is 0 Å². The smallest absolute Gasteiger partial charge is 0.325 e. The van der Waals surface area contributed by atoms with Crippen LogP contribution in [0.15, 0.2) is 58.1 Å². The molecule has 5 N–H and O–H groups in total. The zero-order valence-corrected chi connectivity index (χ0v) is 19.8. The molecule has 37 heavy (non-hydrogen) atoms. The number of fused-ring (bicyclic) bond motifs is 1. The molecule has 3 heterocycles. The summed E-state index contributed by atoms with van der Waals surface area (Å²) in [5, 5.41) is 12.9. The van der Waals surface area contributed by atoms with Gasteiger partial charge in [0.15, 0.2) is 5.82 Å². The van der Waals surface area contributed by atoms with Crippen LogP contribution in [0.1, 0.15) is 21.9 Å². The minimum Gasteiger partial charge on any atom is -0.493 e. The first-order valence-electron chi connectivity index (χ1n) is 11.8. The van der Waals surface area contributed by atoms with Gasteiger partial charge >= 0.3 is 5.69 Å². The number of para-hydroxylation sites is 1. The number of carbonyl (C=O) groups excluding carboxylic acids is 2. The van der Waals surface area contributed by atoms with Gasteiger partial charge in [0.2, 0.25) is 11.8 Å². The third-order valence-electron chi connectivity index (χ3n) is 6.30. The zero-order valence-electron chi connectivity index (χ0n) is 19.8. The summed E-state index contributed by atoms with van der Waals surface area (Å²) in [5.74, 6) is -1.02. The number of amides is 2. The summed E-state index contributed by atoms with van der Waals surface area (Å²) in [5.41, 5.74) is 1.55. The number of carbonyl (C=O) groups is 2. The average molecular weight is 504 g/mol. The SMILES string of the molecule is O=C(NCc1cccc(N2CCN(C(=O)Cc3[nH]c(=O)[nH]c3O)CC2)c1)c1nc2ccccc2c(=O)[nH]1. The number of hydrogen-bond donors (Lipinski definition) is 5. The molecule has 5 rings (SSSR count). The third-order valence-corrected chi connectivity index (χ3v) is 6.30. The highest BCUT2D eigenvalue weighted by molar-refractivity contribution is 5.92. The summed E-state index contributed by atoms with van der Waals surface area (Å²) in [4.78, 5) is 64.0. The summed E-state index contributed by atoms with van der Waals surface area (Å²) in [7, 11) is 0. The van der Waals surface area contributed by atoms with Crippen molar-refractivity contribution >= 4 is 28.4 Å². The Morgan fingerprint density at radius 2 is 1.76 bits per heavy atom. The maximum atomic E-state index is 12.6. The predicted molar refractivity (Wildman–Crippen MR) is 136 cm³/mol. The number of hydrogen-bond acceptors (Lipinski definition) is 7. The van der Waals surface area contributed by atoms with E-state index in [1.165, 1.54) is 0 Å². The molecule has 12 heteroatoms. The number of rotatable bonds is 6. The van der Waals surface area contributed by atoms with E-state index in [1.54, 1.807) is 29.2 Å². The van der Waals surface area contributed by atoms with Gasteiger partial charge in [0.25, 0.3) is 11.5 Å². The van der Waals surface area contributed by atoms with E-state index in [1.807, 2.05) is 24.3 Å². The maximum Gasteiger partial charge on any atom is 0.325 e. The fourth-order valence-corrected chi connectivity index (χ4v) is 4.34. The molecule has 1 aliphatic heterocycles. The van der Waals surface area contributed by atoms with Crippen molar-refractivity contribution in [2.45, 2.75) is 13.0 Å². The Balaban J connectivity index is 1.17. The Bertz CT molecular complexity index is 1580. The van der Waals surface area contributed by atoms with Gasteiger partial charge < -0.3 is 30.2 Å². The molecule has 0 spiro atoms. The van der Waals surface area contributed by atoms with Crippen LogP contribution in [0.3, 0.4) is 0 Å². The fourth-order valence-electron chi connectivity index (χ4n) is 4.34. The second-order valence-corrected chi connectivity index (χ2v) is 8.74. The average Bonchev–Trinajstić information content (AvgIpc) is 3.23. The van der Waals surface area contributed by atoms with Crippen LogP contribution in [-0.4, -0.2) is 67.9 Å². The highest BCUT2D eigenvalue weighted by Crippen LogP contribution is 2.19. The minimum atomic E-state index is -0.553. The molecule has 2 amide bonds. The molecule has 0 bridgehead atoms. The molecule has 0 unspecified atom stereocenters. The molecule has 0 aliphatic carbocycles. The van der Waals surface area contributed by atoms with Crippen LogP contribution in [0.4, 0.5) is 5.69 Å². The Kier molecular flexibility index (Phi) is 6.45. The van der Waals surface area contributed by atoms with Crippen LogP contribution in [0.25, 0.3) is 10.9 Å². The molecule has 1 saturated heterocycles. The normalized spacial score (nSPS) is 13.6. The van der Waals surface area contributed by atoms with Crippen molar-refractivity contribution in [1.29, 1.82) is 0 Å². The summed E-state index contributed by atoms with van der Waals surface area (Å²) in [6.07, 6.45) is -0.0862. The lowest BCUT2D eigenvalue weighted by Crippen LogP contribution is -2.49. The van der Waals surface area contributed by atoms with E-state index < -0.39 is 11.6 Å². The van der Waals surface area contributed by atoms with Crippen molar-refractivity contribution in [2.75, 3.05) is 31.1 Å². The van der Waals surface area contributed by atoms with Crippen molar-refractivity contribution in [3.05, 3.63) is 86.5 Å². The second-order valence-electron chi connectivity index (χ2n) is 8.74. The zero-order chi connectivity index (χ0) is 25.9. The van der Waals surface area contributed by atoms with E-state index in [0.717, 1.165) is 11.3 Å². The summed E-state index contributed by atoms with van der Waals surface area (Å²) >= 11 is 0. The number of anilines is 1. The van der Waals surface area contributed by atoms with Crippen LogP contribution in [-0.2, 0) is 17.8 Å². The third kappa shape index (κ3) is 5.22. The largest absolute Gasteiger partial charge is 0.493 e. The standard InChI is InChI=1S/C25H25N7O5/c33-20(13-19-23(35)30-25(37)28-19)32-10-8-31(9-11-32)16-5-3-4-15(12-16)14-26-24(36)21-27-18-7-2-1-6-17(18)22(34)29-21/h1-7,12,35H,8-11,13-14H2,(H,26,36)(H,27,29,34)(H2,28,30,37). The van der Waals surface area contributed by atoms with Gasteiger partial charge in [0.1, 0.15) is 0 Å². The molecule has 2 aromatic carbocycles. The number of nitrogens with zero attached hydrogens (tertiary/aromatic N) is 3. The van der Waals surface area contributed by atoms with Gasteiger partial charge in [0, 0.05) is 38.4 Å². The van der Waals surface area contributed by atoms with Crippen LogP contribution < -0.4 is 21.5 Å². The lowest BCUT2D eigenvalue weighted by atomic mass is 10.1. The Morgan fingerprint density at radius 1 is 0.973 bits per heavy atom. The summed E-state index contributed by atoms with van der Waals surface area (Å²) < 4.78 is 0. The number of benzene rings is 2. The van der Waals surface area contributed by atoms with E-state index in [9.17, 15) is 24.3 Å². The quantitative estimate of drug-likeness (QED) is 0.255. The fraction of sp³-hybridized carbons (Fsp3) is 0.240. The van der Waals surface area contributed by atoms with E-state index in [2.05, 4.69) is 30.2 Å². The van der Waals surface area contributed by atoms with Crippen LogP contribution in [0.2, 0.25) is 0 Å². The topological polar surface area (TPSA) is 167 Å². The number of H-pyrrole nitrogens is 3. The first-order valence-corrected chi connectivity index (χ1v) is 11.8. The van der Waals surface area contributed by atoms with Crippen LogP contribution >= 0.6 is 0 Å². The predicted octanol–water partition coefficient (Wildman–Crippen LogP) is 0.466. The van der Waals surface area contributed by atoms with Gasteiger partial charge in [-0.25, -0.2) is 9.78 Å². The first-order chi connectivity index (χ1) is 17.9. The van der Waals surface area contributed by atoms with Crippen molar-refractivity contribution in [2.24, 2.45) is 0 Å². The second kappa shape index (κ2) is 10.0. The van der Waals surface area contributed by atoms with Gasteiger partial charge in [-0.2, -0.15) is 0 Å². The summed E-state index contributed by atoms with van der Waals surface area (Å²) in [6, 6.07) is 14.6. The molecular weight excluding hydrogens is 478 g/mol. The minimum absolute atomic E-state index is 0.0438. The molecule has 0 radical (unpaired) electrons. The molecule has 12 nitrogen and oxygen atoms in total. The highest BCUT2D eigenvalue weighted by Gasteiger charge is 2.23. The Hall–Kier alpha value is -4.87. The Labute approximate surface area is 210 Å². The summed E-state index contributed by atoms with van der Waals surface area (Å²) in [6.45, 7) is 2.46. The highest BCUT2D eigenvalue weighted by atomic mass is 16.3. The van der Waals surface area contributed by atoms with Crippen molar-refractivity contribution < 1.29 is 14.7 Å². The first kappa shape index (κ1) is 23.9. The van der Waals surface area contributed by atoms with Gasteiger partial charge in [-0.1, -0.05) is 24.3 Å². The Morgan fingerprint density at radius 3 is 2.51 bits per heavy atom. The number of aromatic hydroxyl groups is 1. The van der Waals surface area contributed by atoms with Gasteiger partial charge in [-0.05, 0) is 29.8 Å². The molecule has 1 fully saturated rings. The molecular formula is C25H25N7O5. The number of imidazole rings is 1. The number of piperazine rings is 1. The van der Waals surface area contributed by atoms with Gasteiger partial charge in [0.05, 0.1) is 23.0 Å². The van der Waals surface area contributed by atoms with Crippen molar-refractivity contribution in [1.82, 2.24) is 30.2 Å².